The first-order chi connectivity index (χ1) is 11.7. The van der Waals surface area contributed by atoms with E-state index in [9.17, 15) is 9.18 Å². The normalized spacial score (nSPS) is 25.5. The van der Waals surface area contributed by atoms with Crippen molar-refractivity contribution in [2.75, 3.05) is 19.6 Å². The Hall–Kier alpha value is -1.99. The van der Waals surface area contributed by atoms with Crippen LogP contribution >= 0.6 is 11.3 Å². The van der Waals surface area contributed by atoms with Crippen LogP contribution in [0.2, 0.25) is 0 Å². The summed E-state index contributed by atoms with van der Waals surface area (Å²) >= 11 is 1.17. The van der Waals surface area contributed by atoms with Gasteiger partial charge in [0.05, 0.1) is 6.20 Å². The van der Waals surface area contributed by atoms with Crippen LogP contribution in [0.25, 0.3) is 0 Å². The maximum Gasteiger partial charge on any atom is 0.280 e. The fraction of sp³-hybridized carbons (Fsp3) is 0.412. The van der Waals surface area contributed by atoms with Gasteiger partial charge in [0.2, 0.25) is 5.06 Å². The monoisotopic (exact) mass is 347 g/mol. The van der Waals surface area contributed by atoms with Gasteiger partial charge < -0.3 is 15.0 Å². The summed E-state index contributed by atoms with van der Waals surface area (Å²) in [6, 6.07) is 6.10. The number of aromatic nitrogens is 1. The summed E-state index contributed by atoms with van der Waals surface area (Å²) in [5, 5.41) is 3.95. The van der Waals surface area contributed by atoms with E-state index >= 15 is 0 Å². The van der Waals surface area contributed by atoms with Crippen LogP contribution in [0.5, 0.6) is 10.8 Å². The molecule has 3 fully saturated rings. The molecule has 3 aliphatic rings. The summed E-state index contributed by atoms with van der Waals surface area (Å²) in [6.45, 7) is 3.20. The quantitative estimate of drug-likeness (QED) is 0.924. The van der Waals surface area contributed by atoms with Gasteiger partial charge in [0, 0.05) is 18.7 Å². The lowest BCUT2D eigenvalue weighted by molar-refractivity contribution is 0.0620. The van der Waals surface area contributed by atoms with Gasteiger partial charge in [-0.15, -0.1) is 0 Å². The highest BCUT2D eigenvalue weighted by Crippen LogP contribution is 2.30. The van der Waals surface area contributed by atoms with Gasteiger partial charge in [-0.2, -0.15) is 0 Å². The SMILES string of the molecule is O=C(NC1CN2CCC1CC2)c1ncc(Oc2cccc(F)c2)s1. The molecule has 1 amide bonds. The molecular formula is C17H18FN3O2S. The number of nitrogens with zero attached hydrogens (tertiary/aromatic N) is 2. The topological polar surface area (TPSA) is 54.5 Å². The smallest absolute Gasteiger partial charge is 0.280 e. The zero-order valence-corrected chi connectivity index (χ0v) is 13.9. The van der Waals surface area contributed by atoms with Gasteiger partial charge in [-0.1, -0.05) is 17.4 Å². The summed E-state index contributed by atoms with van der Waals surface area (Å²) < 4.78 is 18.7. The van der Waals surface area contributed by atoms with Crippen LogP contribution in [0, 0.1) is 11.7 Å². The van der Waals surface area contributed by atoms with Crippen molar-refractivity contribution in [3.8, 4) is 10.8 Å². The fourth-order valence-corrected chi connectivity index (χ4v) is 4.11. The molecule has 0 saturated carbocycles. The van der Waals surface area contributed by atoms with Gasteiger partial charge in [-0.05, 0) is 44.0 Å². The summed E-state index contributed by atoms with van der Waals surface area (Å²) in [7, 11) is 0. The van der Waals surface area contributed by atoms with Gasteiger partial charge in [-0.3, -0.25) is 4.79 Å². The van der Waals surface area contributed by atoms with Gasteiger partial charge in [-0.25, -0.2) is 9.37 Å². The highest BCUT2D eigenvalue weighted by molar-refractivity contribution is 7.15. The Morgan fingerprint density at radius 1 is 1.38 bits per heavy atom. The summed E-state index contributed by atoms with van der Waals surface area (Å²) in [4.78, 5) is 18.9. The second-order valence-corrected chi connectivity index (χ2v) is 7.26. The Kier molecular flexibility index (Phi) is 4.20. The number of halogens is 1. The standard InChI is InChI=1S/C17H18FN3O2S/c18-12-2-1-3-13(8-12)23-15-9-19-17(24-15)16(22)20-14-10-21-6-4-11(14)5-7-21/h1-3,8-9,11,14H,4-7,10H2,(H,20,22). The fourth-order valence-electron chi connectivity index (χ4n) is 3.42. The number of benzene rings is 1. The lowest BCUT2D eigenvalue weighted by atomic mass is 9.84. The molecule has 5 rings (SSSR count). The minimum Gasteiger partial charge on any atom is -0.445 e. The minimum absolute atomic E-state index is 0.159. The number of hydrogen-bond donors (Lipinski definition) is 1. The Balaban J connectivity index is 1.40. The number of amides is 1. The molecule has 2 aromatic rings. The molecule has 24 heavy (non-hydrogen) atoms. The maximum atomic E-state index is 13.2. The predicted molar refractivity (Wildman–Crippen MR) is 89.0 cm³/mol. The van der Waals surface area contributed by atoms with E-state index in [1.807, 2.05) is 0 Å². The molecule has 1 N–H and O–H groups in total. The van der Waals surface area contributed by atoms with E-state index in [0.29, 0.717) is 21.7 Å². The molecule has 7 heteroatoms. The third-order valence-corrected chi connectivity index (χ3v) is 5.54. The van der Waals surface area contributed by atoms with Crippen molar-refractivity contribution in [3.63, 3.8) is 0 Å². The number of ether oxygens (including phenoxy) is 1. The number of piperidine rings is 3. The van der Waals surface area contributed by atoms with Crippen LogP contribution in [-0.2, 0) is 0 Å². The number of carbonyl (C=O) groups is 1. The van der Waals surface area contributed by atoms with Crippen LogP contribution in [0.3, 0.4) is 0 Å². The first kappa shape index (κ1) is 15.5. The van der Waals surface area contributed by atoms with Crippen molar-refractivity contribution in [3.05, 3.63) is 41.3 Å². The van der Waals surface area contributed by atoms with Crippen LogP contribution < -0.4 is 10.1 Å². The van der Waals surface area contributed by atoms with E-state index in [1.54, 1.807) is 12.1 Å². The molecule has 0 radical (unpaired) electrons. The second-order valence-electron chi connectivity index (χ2n) is 6.26. The number of carbonyl (C=O) groups excluding carboxylic acids is 1. The second kappa shape index (κ2) is 6.49. The zero-order valence-electron chi connectivity index (χ0n) is 13.1. The highest BCUT2D eigenvalue weighted by Gasteiger charge is 2.35. The third kappa shape index (κ3) is 3.27. The van der Waals surface area contributed by atoms with E-state index in [-0.39, 0.29) is 17.8 Å². The molecule has 1 aromatic heterocycles. The first-order valence-electron chi connectivity index (χ1n) is 8.10. The van der Waals surface area contributed by atoms with E-state index in [1.165, 1.54) is 29.7 Å². The molecule has 5 nitrogen and oxygen atoms in total. The lowest BCUT2D eigenvalue weighted by Crippen LogP contribution is -2.57. The molecule has 1 atom stereocenters. The molecule has 1 unspecified atom stereocenters. The minimum atomic E-state index is -0.364. The van der Waals surface area contributed by atoms with Crippen LogP contribution in [0.4, 0.5) is 4.39 Å². The lowest BCUT2D eigenvalue weighted by Gasteiger charge is -2.44. The van der Waals surface area contributed by atoms with Crippen molar-refractivity contribution in [2.24, 2.45) is 5.92 Å². The molecule has 1 aromatic carbocycles. The summed E-state index contributed by atoms with van der Waals surface area (Å²) in [6.07, 6.45) is 3.80. The molecule has 2 bridgehead atoms. The Morgan fingerprint density at radius 2 is 2.21 bits per heavy atom. The van der Waals surface area contributed by atoms with E-state index in [2.05, 4.69) is 15.2 Å². The van der Waals surface area contributed by atoms with Gasteiger partial charge >= 0.3 is 0 Å². The van der Waals surface area contributed by atoms with E-state index in [0.717, 1.165) is 32.5 Å². The molecule has 0 spiro atoms. The molecular weight excluding hydrogens is 329 g/mol. The molecule has 3 aliphatic heterocycles. The largest absolute Gasteiger partial charge is 0.445 e. The Bertz CT molecular complexity index is 743. The van der Waals surface area contributed by atoms with Crippen molar-refractivity contribution in [1.82, 2.24) is 15.2 Å². The maximum absolute atomic E-state index is 13.2. The van der Waals surface area contributed by atoms with Crippen molar-refractivity contribution < 1.29 is 13.9 Å². The third-order valence-electron chi connectivity index (χ3n) is 4.67. The van der Waals surface area contributed by atoms with Crippen molar-refractivity contribution in [2.45, 2.75) is 18.9 Å². The van der Waals surface area contributed by atoms with Gasteiger partial charge in [0.15, 0.2) is 5.01 Å². The first-order valence-corrected chi connectivity index (χ1v) is 8.91. The molecule has 126 valence electrons. The average molecular weight is 347 g/mol. The number of rotatable bonds is 4. The average Bonchev–Trinajstić information content (AvgIpc) is 3.05. The number of thiazole rings is 1. The van der Waals surface area contributed by atoms with Gasteiger partial charge in [0.1, 0.15) is 11.6 Å². The number of fused-ring (bicyclic) bond motifs is 3. The van der Waals surface area contributed by atoms with Crippen molar-refractivity contribution >= 4 is 17.2 Å². The zero-order chi connectivity index (χ0) is 16.5. The summed E-state index contributed by atoms with van der Waals surface area (Å²) in [5.74, 6) is 0.440. The van der Waals surface area contributed by atoms with E-state index < -0.39 is 0 Å². The Labute approximate surface area is 143 Å². The highest BCUT2D eigenvalue weighted by atomic mass is 32.1. The van der Waals surface area contributed by atoms with Crippen LogP contribution in [0.1, 0.15) is 22.6 Å². The molecule has 0 aliphatic carbocycles. The molecule has 4 heterocycles. The summed E-state index contributed by atoms with van der Waals surface area (Å²) in [5.41, 5.74) is 0. The van der Waals surface area contributed by atoms with Crippen molar-refractivity contribution in [1.29, 1.82) is 0 Å². The Morgan fingerprint density at radius 3 is 2.92 bits per heavy atom. The number of nitrogens with one attached hydrogen (secondary N) is 1. The molecule has 3 saturated heterocycles. The van der Waals surface area contributed by atoms with E-state index in [4.69, 9.17) is 4.74 Å². The number of hydrogen-bond acceptors (Lipinski definition) is 5. The van der Waals surface area contributed by atoms with Gasteiger partial charge in [0.25, 0.3) is 5.91 Å². The van der Waals surface area contributed by atoms with Crippen LogP contribution in [-0.4, -0.2) is 41.5 Å². The van der Waals surface area contributed by atoms with Crippen LogP contribution in [0.15, 0.2) is 30.5 Å². The predicted octanol–water partition coefficient (Wildman–Crippen LogP) is 2.90.